The quantitative estimate of drug-likeness (QED) is 0.628. The fourth-order valence-corrected chi connectivity index (χ4v) is 4.17. The minimum atomic E-state index is -0.538. The van der Waals surface area contributed by atoms with Crippen LogP contribution in [0.15, 0.2) is 54.6 Å². The van der Waals surface area contributed by atoms with Crippen molar-refractivity contribution in [2.75, 3.05) is 25.5 Å². The number of nitrogens with one attached hydrogen (secondary N) is 2. The molecule has 3 amide bonds. The summed E-state index contributed by atoms with van der Waals surface area (Å²) in [6, 6.07) is 16.7. The fourth-order valence-electron chi connectivity index (χ4n) is 4.17. The van der Waals surface area contributed by atoms with Crippen LogP contribution in [0.4, 0.5) is 10.5 Å². The number of carbonyl (C=O) groups is 2. The van der Waals surface area contributed by atoms with Crippen molar-refractivity contribution in [1.82, 2.24) is 10.2 Å². The number of benzene rings is 2. The normalized spacial score (nSPS) is 16.2. The average molecular weight is 438 g/mol. The van der Waals surface area contributed by atoms with Crippen LogP contribution in [0.5, 0.6) is 5.75 Å². The fraction of sp³-hybridized carbons (Fsp3) is 0.462. The second kappa shape index (κ2) is 11.6. The van der Waals surface area contributed by atoms with Gasteiger partial charge in [-0.2, -0.15) is 0 Å². The lowest BCUT2D eigenvalue weighted by Gasteiger charge is -2.36. The van der Waals surface area contributed by atoms with Crippen LogP contribution in [0.3, 0.4) is 0 Å². The number of methoxy groups -OCH3 is 1. The maximum atomic E-state index is 13.3. The summed E-state index contributed by atoms with van der Waals surface area (Å²) in [6.45, 7) is 5.54. The van der Waals surface area contributed by atoms with E-state index in [2.05, 4.69) is 34.9 Å². The molecule has 2 N–H and O–H groups in total. The minimum Gasteiger partial charge on any atom is -0.497 e. The molecule has 0 spiro atoms. The molecular weight excluding hydrogens is 402 g/mol. The van der Waals surface area contributed by atoms with E-state index in [1.807, 2.05) is 24.8 Å². The van der Waals surface area contributed by atoms with Gasteiger partial charge in [0.15, 0.2) is 0 Å². The maximum absolute atomic E-state index is 13.3. The molecule has 0 bridgehead atoms. The van der Waals surface area contributed by atoms with Crippen LogP contribution in [0.2, 0.25) is 0 Å². The summed E-state index contributed by atoms with van der Waals surface area (Å²) in [5.41, 5.74) is 2.01. The third-order valence-electron chi connectivity index (χ3n) is 6.41. The highest BCUT2D eigenvalue weighted by molar-refractivity contribution is 5.94. The first kappa shape index (κ1) is 23.6. The molecule has 2 aromatic rings. The molecule has 1 aliphatic heterocycles. The number of piperidine rings is 1. The van der Waals surface area contributed by atoms with Crippen LogP contribution in [-0.2, 0) is 11.2 Å². The number of hydrogen-bond donors (Lipinski definition) is 2. The van der Waals surface area contributed by atoms with Crippen LogP contribution in [-0.4, -0.2) is 43.1 Å². The van der Waals surface area contributed by atoms with Crippen LogP contribution < -0.4 is 15.4 Å². The SMILES string of the molecule is CC[C@H](C)[C@H](NC(=O)Nc1ccc(OC)cc1)C(=O)N1CCC(Cc2ccccc2)CC1. The van der Waals surface area contributed by atoms with Crippen molar-refractivity contribution in [1.29, 1.82) is 0 Å². The average Bonchev–Trinajstić information content (AvgIpc) is 2.83. The Labute approximate surface area is 191 Å². The zero-order valence-electron chi connectivity index (χ0n) is 19.3. The highest BCUT2D eigenvalue weighted by Gasteiger charge is 2.32. The minimum absolute atomic E-state index is 0.0161. The maximum Gasteiger partial charge on any atom is 0.319 e. The Morgan fingerprint density at radius 2 is 1.72 bits per heavy atom. The summed E-state index contributed by atoms with van der Waals surface area (Å²) in [5, 5.41) is 5.74. The molecule has 2 aromatic carbocycles. The second-order valence-electron chi connectivity index (χ2n) is 8.65. The van der Waals surface area contributed by atoms with Crippen molar-refractivity contribution in [3.8, 4) is 5.75 Å². The third kappa shape index (κ3) is 6.49. The summed E-state index contributed by atoms with van der Waals surface area (Å²) in [4.78, 5) is 27.8. The zero-order chi connectivity index (χ0) is 22.9. The molecule has 6 nitrogen and oxygen atoms in total. The molecule has 0 unspecified atom stereocenters. The number of nitrogens with zero attached hydrogens (tertiary/aromatic N) is 1. The van der Waals surface area contributed by atoms with Gasteiger partial charge in [-0.1, -0.05) is 50.6 Å². The Morgan fingerprint density at radius 1 is 1.06 bits per heavy atom. The molecule has 0 aromatic heterocycles. The molecule has 172 valence electrons. The standard InChI is InChI=1S/C26H35N3O3/c1-4-19(2)24(28-26(31)27-22-10-12-23(32-3)13-11-22)25(30)29-16-14-21(15-17-29)18-20-8-6-5-7-9-20/h5-13,19,21,24H,4,14-18H2,1-3H3,(H2,27,28,31)/t19-,24-/m0/s1. The molecule has 3 rings (SSSR count). The number of amides is 3. The lowest BCUT2D eigenvalue weighted by atomic mass is 9.89. The predicted molar refractivity (Wildman–Crippen MR) is 128 cm³/mol. The largest absolute Gasteiger partial charge is 0.497 e. The van der Waals surface area contributed by atoms with Crippen molar-refractivity contribution in [2.45, 2.75) is 45.6 Å². The van der Waals surface area contributed by atoms with E-state index in [9.17, 15) is 9.59 Å². The van der Waals surface area contributed by atoms with E-state index in [0.717, 1.165) is 44.5 Å². The molecule has 1 saturated heterocycles. The molecule has 0 saturated carbocycles. The molecule has 1 heterocycles. The number of anilines is 1. The topological polar surface area (TPSA) is 70.7 Å². The van der Waals surface area contributed by atoms with E-state index in [0.29, 0.717) is 11.6 Å². The lowest BCUT2D eigenvalue weighted by molar-refractivity contribution is -0.135. The van der Waals surface area contributed by atoms with Gasteiger partial charge in [0.2, 0.25) is 5.91 Å². The van der Waals surface area contributed by atoms with Gasteiger partial charge in [0.1, 0.15) is 11.8 Å². The molecular formula is C26H35N3O3. The Bertz CT molecular complexity index is 862. The smallest absolute Gasteiger partial charge is 0.319 e. The molecule has 1 aliphatic rings. The van der Waals surface area contributed by atoms with Gasteiger partial charge in [-0.15, -0.1) is 0 Å². The van der Waals surface area contributed by atoms with Crippen LogP contribution in [0, 0.1) is 11.8 Å². The van der Waals surface area contributed by atoms with Gasteiger partial charge in [0, 0.05) is 18.8 Å². The predicted octanol–water partition coefficient (Wildman–Crippen LogP) is 4.71. The van der Waals surface area contributed by atoms with Gasteiger partial charge in [0.05, 0.1) is 7.11 Å². The first-order valence-corrected chi connectivity index (χ1v) is 11.5. The second-order valence-corrected chi connectivity index (χ2v) is 8.65. The Hall–Kier alpha value is -3.02. The van der Waals surface area contributed by atoms with Crippen LogP contribution >= 0.6 is 0 Å². The van der Waals surface area contributed by atoms with Crippen LogP contribution in [0.1, 0.15) is 38.7 Å². The number of likely N-dealkylation sites (tertiary alicyclic amines) is 1. The van der Waals surface area contributed by atoms with Crippen molar-refractivity contribution in [3.05, 3.63) is 60.2 Å². The highest BCUT2D eigenvalue weighted by Crippen LogP contribution is 2.23. The summed E-state index contributed by atoms with van der Waals surface area (Å²) >= 11 is 0. The molecule has 32 heavy (non-hydrogen) atoms. The van der Waals surface area contributed by atoms with Gasteiger partial charge in [-0.05, 0) is 60.9 Å². The van der Waals surface area contributed by atoms with Gasteiger partial charge in [-0.25, -0.2) is 4.79 Å². The number of rotatable bonds is 8. The molecule has 0 radical (unpaired) electrons. The Balaban J connectivity index is 1.55. The van der Waals surface area contributed by atoms with Gasteiger partial charge in [0.25, 0.3) is 0 Å². The van der Waals surface area contributed by atoms with E-state index < -0.39 is 6.04 Å². The molecule has 1 fully saturated rings. The van der Waals surface area contributed by atoms with Gasteiger partial charge in [-0.3, -0.25) is 4.79 Å². The Morgan fingerprint density at radius 3 is 2.31 bits per heavy atom. The van der Waals surface area contributed by atoms with Crippen molar-refractivity contribution in [2.24, 2.45) is 11.8 Å². The van der Waals surface area contributed by atoms with E-state index in [4.69, 9.17) is 4.74 Å². The summed E-state index contributed by atoms with van der Waals surface area (Å²) < 4.78 is 5.15. The highest BCUT2D eigenvalue weighted by atomic mass is 16.5. The van der Waals surface area contributed by atoms with Crippen molar-refractivity contribution in [3.63, 3.8) is 0 Å². The first-order chi connectivity index (χ1) is 15.5. The summed E-state index contributed by atoms with van der Waals surface area (Å²) in [6.07, 6.45) is 3.85. The number of carbonyl (C=O) groups excluding carboxylic acids is 2. The molecule has 6 heteroatoms. The monoisotopic (exact) mass is 437 g/mol. The lowest BCUT2D eigenvalue weighted by Crippen LogP contribution is -2.54. The van der Waals surface area contributed by atoms with Crippen LogP contribution in [0.25, 0.3) is 0 Å². The van der Waals surface area contributed by atoms with E-state index in [-0.39, 0.29) is 17.9 Å². The first-order valence-electron chi connectivity index (χ1n) is 11.5. The van der Waals surface area contributed by atoms with Crippen molar-refractivity contribution < 1.29 is 14.3 Å². The molecule has 2 atom stereocenters. The number of hydrogen-bond acceptors (Lipinski definition) is 3. The van der Waals surface area contributed by atoms with Gasteiger partial charge < -0.3 is 20.3 Å². The van der Waals surface area contributed by atoms with E-state index >= 15 is 0 Å². The van der Waals surface area contributed by atoms with Crippen molar-refractivity contribution >= 4 is 17.6 Å². The van der Waals surface area contributed by atoms with Gasteiger partial charge >= 0.3 is 6.03 Å². The summed E-state index contributed by atoms with van der Waals surface area (Å²) in [5.74, 6) is 1.38. The molecule has 0 aliphatic carbocycles. The Kier molecular flexibility index (Phi) is 8.54. The zero-order valence-corrected chi connectivity index (χ0v) is 19.3. The summed E-state index contributed by atoms with van der Waals surface area (Å²) in [7, 11) is 1.60. The number of ether oxygens (including phenoxy) is 1. The van der Waals surface area contributed by atoms with E-state index in [1.54, 1.807) is 31.4 Å². The number of urea groups is 1. The van der Waals surface area contributed by atoms with E-state index in [1.165, 1.54) is 5.56 Å². The third-order valence-corrected chi connectivity index (χ3v) is 6.41.